The Morgan fingerprint density at radius 2 is 2.19 bits per heavy atom. The summed E-state index contributed by atoms with van der Waals surface area (Å²) in [6, 6.07) is 2.08. The number of primary amides is 1. The van der Waals surface area contributed by atoms with E-state index >= 15 is 0 Å². The number of carbonyl (C=O) groups is 3. The zero-order valence-corrected chi connectivity index (χ0v) is 11.3. The monoisotopic (exact) mass is 292 g/mol. The van der Waals surface area contributed by atoms with Crippen molar-refractivity contribution in [3.8, 4) is 0 Å². The van der Waals surface area contributed by atoms with Gasteiger partial charge in [-0.25, -0.2) is 14.6 Å². The van der Waals surface area contributed by atoms with E-state index in [1.165, 1.54) is 23.2 Å². The van der Waals surface area contributed by atoms with E-state index in [2.05, 4.69) is 10.3 Å². The quantitative estimate of drug-likeness (QED) is 0.748. The van der Waals surface area contributed by atoms with Crippen LogP contribution >= 0.6 is 0 Å². The van der Waals surface area contributed by atoms with Gasteiger partial charge in [-0.05, 0) is 25.0 Å². The van der Waals surface area contributed by atoms with Crippen LogP contribution in [0.2, 0.25) is 0 Å². The van der Waals surface area contributed by atoms with Crippen LogP contribution in [0.15, 0.2) is 18.3 Å². The molecular formula is C13H16N4O4. The number of amides is 3. The van der Waals surface area contributed by atoms with Crippen molar-refractivity contribution in [1.29, 1.82) is 0 Å². The predicted octanol–water partition coefficient (Wildman–Crippen LogP) is 0.509. The standard InChI is InChI=1S/C13H16N4O4/c14-13(21)17-5-1-2-9(7-17)11(18)16-10-6-8(12(19)20)3-4-15-10/h3-4,6,9H,1-2,5,7H2,(H2,14,21)(H,19,20)(H,15,16,18). The van der Waals surface area contributed by atoms with Crippen LogP contribution in [-0.2, 0) is 4.79 Å². The Balaban J connectivity index is 2.02. The molecule has 0 spiro atoms. The number of carbonyl (C=O) groups excluding carboxylic acids is 2. The van der Waals surface area contributed by atoms with Crippen LogP contribution in [0.5, 0.6) is 0 Å². The van der Waals surface area contributed by atoms with Gasteiger partial charge >= 0.3 is 12.0 Å². The van der Waals surface area contributed by atoms with Crippen molar-refractivity contribution in [2.75, 3.05) is 18.4 Å². The molecule has 1 atom stereocenters. The zero-order chi connectivity index (χ0) is 15.4. The van der Waals surface area contributed by atoms with Crippen LogP contribution in [0.25, 0.3) is 0 Å². The fraction of sp³-hybridized carbons (Fsp3) is 0.385. The molecule has 1 aromatic heterocycles. The van der Waals surface area contributed by atoms with Gasteiger partial charge in [0.05, 0.1) is 11.5 Å². The molecule has 3 amide bonds. The summed E-state index contributed by atoms with van der Waals surface area (Å²) in [6.07, 6.45) is 2.66. The third kappa shape index (κ3) is 3.68. The van der Waals surface area contributed by atoms with Crippen molar-refractivity contribution in [2.45, 2.75) is 12.8 Å². The second kappa shape index (κ2) is 6.21. The van der Waals surface area contributed by atoms with Crippen molar-refractivity contribution >= 4 is 23.7 Å². The molecule has 8 heteroatoms. The maximum Gasteiger partial charge on any atom is 0.335 e. The summed E-state index contributed by atoms with van der Waals surface area (Å²) in [5.74, 6) is -1.58. The molecule has 1 fully saturated rings. The van der Waals surface area contributed by atoms with Gasteiger partial charge in [0.1, 0.15) is 5.82 Å². The summed E-state index contributed by atoms with van der Waals surface area (Å²) in [4.78, 5) is 39.5. The molecule has 2 rings (SSSR count). The van der Waals surface area contributed by atoms with Crippen molar-refractivity contribution in [3.63, 3.8) is 0 Å². The first-order valence-corrected chi connectivity index (χ1v) is 6.52. The molecule has 4 N–H and O–H groups in total. The number of hydrogen-bond acceptors (Lipinski definition) is 4. The maximum atomic E-state index is 12.1. The summed E-state index contributed by atoms with van der Waals surface area (Å²) in [7, 11) is 0. The van der Waals surface area contributed by atoms with E-state index in [-0.39, 0.29) is 29.8 Å². The first-order valence-electron chi connectivity index (χ1n) is 6.52. The molecule has 1 saturated heterocycles. The molecule has 0 bridgehead atoms. The lowest BCUT2D eigenvalue weighted by Crippen LogP contribution is -2.46. The minimum Gasteiger partial charge on any atom is -0.478 e. The second-order valence-electron chi connectivity index (χ2n) is 4.85. The van der Waals surface area contributed by atoms with Crippen molar-refractivity contribution in [1.82, 2.24) is 9.88 Å². The van der Waals surface area contributed by atoms with Crippen LogP contribution < -0.4 is 11.1 Å². The Labute approximate surface area is 120 Å². The summed E-state index contributed by atoms with van der Waals surface area (Å²) in [5, 5.41) is 11.5. The smallest absolute Gasteiger partial charge is 0.335 e. The average Bonchev–Trinajstić information content (AvgIpc) is 2.47. The fourth-order valence-corrected chi connectivity index (χ4v) is 2.25. The van der Waals surface area contributed by atoms with E-state index in [9.17, 15) is 14.4 Å². The topological polar surface area (TPSA) is 126 Å². The number of nitrogens with two attached hydrogens (primary N) is 1. The number of piperidine rings is 1. The van der Waals surface area contributed by atoms with E-state index in [0.717, 1.165) is 0 Å². The van der Waals surface area contributed by atoms with Gasteiger partial charge in [0.2, 0.25) is 5.91 Å². The lowest BCUT2D eigenvalue weighted by Gasteiger charge is -2.30. The van der Waals surface area contributed by atoms with E-state index in [1.54, 1.807) is 0 Å². The third-order valence-corrected chi connectivity index (χ3v) is 3.36. The van der Waals surface area contributed by atoms with E-state index in [1.807, 2.05) is 0 Å². The average molecular weight is 292 g/mol. The van der Waals surface area contributed by atoms with Crippen molar-refractivity contribution in [3.05, 3.63) is 23.9 Å². The van der Waals surface area contributed by atoms with Gasteiger partial charge in [-0.15, -0.1) is 0 Å². The zero-order valence-electron chi connectivity index (χ0n) is 11.3. The van der Waals surface area contributed by atoms with E-state index in [4.69, 9.17) is 10.8 Å². The van der Waals surface area contributed by atoms with Gasteiger partial charge in [0.25, 0.3) is 0 Å². The molecule has 1 aliphatic rings. The first-order chi connectivity index (χ1) is 9.97. The van der Waals surface area contributed by atoms with Crippen LogP contribution in [0.1, 0.15) is 23.2 Å². The van der Waals surface area contributed by atoms with Gasteiger partial charge in [-0.1, -0.05) is 0 Å². The number of aromatic carboxylic acids is 1. The van der Waals surface area contributed by atoms with Crippen LogP contribution in [-0.4, -0.2) is 46.0 Å². The minimum absolute atomic E-state index is 0.0442. The molecule has 1 aromatic rings. The predicted molar refractivity (Wildman–Crippen MR) is 73.7 cm³/mol. The number of nitrogens with one attached hydrogen (secondary N) is 1. The highest BCUT2D eigenvalue weighted by Crippen LogP contribution is 2.18. The molecule has 21 heavy (non-hydrogen) atoms. The number of urea groups is 1. The highest BCUT2D eigenvalue weighted by molar-refractivity contribution is 5.94. The molecule has 2 heterocycles. The normalized spacial score (nSPS) is 18.1. The molecule has 0 radical (unpaired) electrons. The molecule has 1 aliphatic heterocycles. The first kappa shape index (κ1) is 14.8. The highest BCUT2D eigenvalue weighted by atomic mass is 16.4. The van der Waals surface area contributed by atoms with Crippen LogP contribution in [0.4, 0.5) is 10.6 Å². The Morgan fingerprint density at radius 1 is 1.43 bits per heavy atom. The molecule has 8 nitrogen and oxygen atoms in total. The van der Waals surface area contributed by atoms with Gasteiger partial charge < -0.3 is 21.1 Å². The molecule has 0 saturated carbocycles. The Hall–Kier alpha value is -2.64. The van der Waals surface area contributed by atoms with Crippen molar-refractivity contribution < 1.29 is 19.5 Å². The maximum absolute atomic E-state index is 12.1. The van der Waals surface area contributed by atoms with E-state index in [0.29, 0.717) is 19.4 Å². The number of anilines is 1. The van der Waals surface area contributed by atoms with Crippen LogP contribution in [0, 0.1) is 5.92 Å². The van der Waals surface area contributed by atoms with Gasteiger partial charge in [0, 0.05) is 19.3 Å². The Kier molecular flexibility index (Phi) is 4.36. The molecule has 112 valence electrons. The largest absolute Gasteiger partial charge is 0.478 e. The lowest BCUT2D eigenvalue weighted by atomic mass is 9.97. The molecule has 0 aromatic carbocycles. The second-order valence-corrected chi connectivity index (χ2v) is 4.85. The number of pyridine rings is 1. The SMILES string of the molecule is NC(=O)N1CCCC(C(=O)Nc2cc(C(=O)O)ccn2)C1. The van der Waals surface area contributed by atoms with E-state index < -0.39 is 12.0 Å². The summed E-state index contributed by atoms with van der Waals surface area (Å²) < 4.78 is 0. The number of rotatable bonds is 3. The number of nitrogens with zero attached hydrogens (tertiary/aromatic N) is 2. The molecule has 0 aliphatic carbocycles. The third-order valence-electron chi connectivity index (χ3n) is 3.36. The highest BCUT2D eigenvalue weighted by Gasteiger charge is 2.27. The van der Waals surface area contributed by atoms with Gasteiger partial charge in [0.15, 0.2) is 0 Å². The Bertz CT molecular complexity index is 575. The summed E-state index contributed by atoms with van der Waals surface area (Å²) in [6.45, 7) is 0.811. The summed E-state index contributed by atoms with van der Waals surface area (Å²) in [5.41, 5.74) is 5.26. The fourth-order valence-electron chi connectivity index (χ4n) is 2.25. The van der Waals surface area contributed by atoms with Crippen LogP contribution in [0.3, 0.4) is 0 Å². The van der Waals surface area contributed by atoms with Gasteiger partial charge in [-0.3, -0.25) is 4.79 Å². The molecular weight excluding hydrogens is 276 g/mol. The van der Waals surface area contributed by atoms with Crippen molar-refractivity contribution in [2.24, 2.45) is 11.7 Å². The lowest BCUT2D eigenvalue weighted by molar-refractivity contribution is -0.121. The number of likely N-dealkylation sites (tertiary alicyclic amines) is 1. The van der Waals surface area contributed by atoms with Gasteiger partial charge in [-0.2, -0.15) is 0 Å². The molecule has 1 unspecified atom stereocenters. The number of hydrogen-bond donors (Lipinski definition) is 3. The minimum atomic E-state index is -1.09. The number of aromatic nitrogens is 1. The number of carboxylic acid groups (broad SMARTS) is 1. The number of carboxylic acids is 1. The summed E-state index contributed by atoms with van der Waals surface area (Å²) >= 11 is 0. The Morgan fingerprint density at radius 3 is 2.86 bits per heavy atom.